The van der Waals surface area contributed by atoms with Crippen LogP contribution in [-0.4, -0.2) is 26.7 Å². The maximum Gasteiger partial charge on any atom is 0.439 e. The van der Waals surface area contributed by atoms with Gasteiger partial charge in [-0.05, 0) is 49.6 Å². The van der Waals surface area contributed by atoms with Crippen LogP contribution in [0.15, 0.2) is 51.8 Å². The number of aromatic nitrogens is 3. The van der Waals surface area contributed by atoms with E-state index >= 15 is 0 Å². The standard InChI is InChI=1S/C23H19N5O4/c1-28-18(11-14-4-2-7-19(20(14)28)31-15-5-3-6-15)22(29)25-17-9-8-13(12-24)10-16(17)21-26-23(30)32-27-21/h2,4,7-11,15H,3,5-6H2,1H3,(H,25,29)(H,26,27,30). The third-order valence-corrected chi connectivity index (χ3v) is 5.69. The van der Waals surface area contributed by atoms with E-state index in [0.717, 1.165) is 29.5 Å². The Labute approximate surface area is 182 Å². The molecule has 1 fully saturated rings. The first-order valence-electron chi connectivity index (χ1n) is 10.2. The summed E-state index contributed by atoms with van der Waals surface area (Å²) in [6.45, 7) is 0. The Morgan fingerprint density at radius 3 is 2.84 bits per heavy atom. The lowest BCUT2D eigenvalue weighted by atomic mass is 9.96. The van der Waals surface area contributed by atoms with E-state index in [1.165, 1.54) is 12.5 Å². The average Bonchev–Trinajstić information content (AvgIpc) is 3.34. The Morgan fingerprint density at radius 2 is 2.16 bits per heavy atom. The van der Waals surface area contributed by atoms with Crippen LogP contribution in [0.4, 0.5) is 5.69 Å². The van der Waals surface area contributed by atoms with Crippen LogP contribution in [0.5, 0.6) is 5.75 Å². The van der Waals surface area contributed by atoms with E-state index in [4.69, 9.17) is 4.74 Å². The molecule has 9 heteroatoms. The molecule has 160 valence electrons. The number of nitrogens with zero attached hydrogens (tertiary/aromatic N) is 3. The molecule has 2 aromatic carbocycles. The van der Waals surface area contributed by atoms with Gasteiger partial charge in [0.2, 0.25) is 0 Å². The summed E-state index contributed by atoms with van der Waals surface area (Å²) in [6, 6.07) is 14.3. The van der Waals surface area contributed by atoms with E-state index in [1.807, 2.05) is 31.3 Å². The number of aromatic amines is 1. The molecular weight excluding hydrogens is 410 g/mol. The monoisotopic (exact) mass is 429 g/mol. The molecule has 1 aliphatic rings. The highest BCUT2D eigenvalue weighted by Gasteiger charge is 2.23. The largest absolute Gasteiger partial charge is 0.488 e. The van der Waals surface area contributed by atoms with Crippen molar-refractivity contribution in [1.82, 2.24) is 14.7 Å². The summed E-state index contributed by atoms with van der Waals surface area (Å²) in [6.07, 6.45) is 3.48. The fourth-order valence-electron chi connectivity index (χ4n) is 3.81. The second kappa shape index (κ2) is 7.74. The third kappa shape index (κ3) is 3.41. The van der Waals surface area contributed by atoms with Gasteiger partial charge in [-0.25, -0.2) is 4.79 Å². The summed E-state index contributed by atoms with van der Waals surface area (Å²) in [5, 5.41) is 16.7. The molecule has 0 saturated heterocycles. The zero-order chi connectivity index (χ0) is 22.2. The zero-order valence-corrected chi connectivity index (χ0v) is 17.2. The zero-order valence-electron chi connectivity index (χ0n) is 17.2. The van der Waals surface area contributed by atoms with Gasteiger partial charge in [-0.15, -0.1) is 0 Å². The Hall–Kier alpha value is -4.32. The van der Waals surface area contributed by atoms with Crippen molar-refractivity contribution in [2.75, 3.05) is 5.32 Å². The number of rotatable bonds is 5. The fraction of sp³-hybridized carbons (Fsp3) is 0.217. The first kappa shape index (κ1) is 19.6. The number of aryl methyl sites for hydroxylation is 1. The number of hydrogen-bond donors (Lipinski definition) is 2. The molecule has 0 bridgehead atoms. The van der Waals surface area contributed by atoms with Crippen LogP contribution in [0.25, 0.3) is 22.3 Å². The molecule has 0 unspecified atom stereocenters. The number of amides is 1. The number of ether oxygens (including phenoxy) is 1. The predicted molar refractivity (Wildman–Crippen MR) is 116 cm³/mol. The number of fused-ring (bicyclic) bond motifs is 1. The molecule has 5 rings (SSSR count). The Balaban J connectivity index is 1.51. The highest BCUT2D eigenvalue weighted by molar-refractivity contribution is 6.08. The Kier molecular flexibility index (Phi) is 4.75. The molecule has 1 amide bonds. The SMILES string of the molecule is Cn1c(C(=O)Nc2ccc(C#N)cc2-c2noc(=O)[nH]2)cc2cccc(OC3CCC3)c21. The lowest BCUT2D eigenvalue weighted by molar-refractivity contribution is 0.101. The van der Waals surface area contributed by atoms with E-state index in [-0.39, 0.29) is 17.8 Å². The first-order chi connectivity index (χ1) is 15.5. The van der Waals surface area contributed by atoms with Gasteiger partial charge in [-0.2, -0.15) is 5.26 Å². The van der Waals surface area contributed by atoms with Gasteiger partial charge in [0.1, 0.15) is 11.4 Å². The molecule has 2 aromatic heterocycles. The van der Waals surface area contributed by atoms with Crippen LogP contribution in [0.1, 0.15) is 35.3 Å². The van der Waals surface area contributed by atoms with Gasteiger partial charge in [0.05, 0.1) is 28.9 Å². The van der Waals surface area contributed by atoms with Gasteiger partial charge < -0.3 is 14.6 Å². The minimum atomic E-state index is -0.729. The summed E-state index contributed by atoms with van der Waals surface area (Å²) >= 11 is 0. The van der Waals surface area contributed by atoms with Crippen LogP contribution in [0, 0.1) is 11.3 Å². The molecule has 32 heavy (non-hydrogen) atoms. The second-order valence-electron chi connectivity index (χ2n) is 7.72. The fourth-order valence-corrected chi connectivity index (χ4v) is 3.81. The minimum Gasteiger partial charge on any atom is -0.488 e. The summed E-state index contributed by atoms with van der Waals surface area (Å²) in [4.78, 5) is 27.0. The number of H-pyrrole nitrogens is 1. The van der Waals surface area contributed by atoms with Crippen molar-refractivity contribution in [3.63, 3.8) is 0 Å². The van der Waals surface area contributed by atoms with Crippen molar-refractivity contribution >= 4 is 22.5 Å². The summed E-state index contributed by atoms with van der Waals surface area (Å²) < 4.78 is 12.5. The minimum absolute atomic E-state index is 0.121. The van der Waals surface area contributed by atoms with E-state index in [1.54, 1.807) is 22.8 Å². The molecular formula is C23H19N5O4. The number of hydrogen-bond acceptors (Lipinski definition) is 6. The average molecular weight is 429 g/mol. The molecule has 0 atom stereocenters. The normalized spacial score (nSPS) is 13.5. The number of nitriles is 1. The number of carbonyl (C=O) groups excluding carboxylic acids is 1. The second-order valence-corrected chi connectivity index (χ2v) is 7.72. The highest BCUT2D eigenvalue weighted by atomic mass is 16.5. The molecule has 0 radical (unpaired) electrons. The van der Waals surface area contributed by atoms with Gasteiger partial charge in [0, 0.05) is 18.0 Å². The number of para-hydroxylation sites is 1. The Bertz CT molecular complexity index is 1430. The molecule has 1 saturated carbocycles. The van der Waals surface area contributed by atoms with E-state index in [0.29, 0.717) is 22.5 Å². The summed E-state index contributed by atoms with van der Waals surface area (Å²) in [5.74, 6) is -0.203. The summed E-state index contributed by atoms with van der Waals surface area (Å²) in [5.41, 5.74) is 2.40. The number of benzene rings is 2. The van der Waals surface area contributed by atoms with Gasteiger partial charge >= 0.3 is 5.76 Å². The number of anilines is 1. The lowest BCUT2D eigenvalue weighted by Crippen LogP contribution is -2.24. The first-order valence-corrected chi connectivity index (χ1v) is 10.2. The van der Waals surface area contributed by atoms with Crippen molar-refractivity contribution < 1.29 is 14.1 Å². The Morgan fingerprint density at radius 1 is 1.31 bits per heavy atom. The molecule has 9 nitrogen and oxygen atoms in total. The van der Waals surface area contributed by atoms with E-state index in [2.05, 4.69) is 20.0 Å². The topological polar surface area (TPSA) is 126 Å². The number of carbonyl (C=O) groups is 1. The smallest absolute Gasteiger partial charge is 0.439 e. The van der Waals surface area contributed by atoms with Gasteiger partial charge in [-0.1, -0.05) is 17.3 Å². The predicted octanol–water partition coefficient (Wildman–Crippen LogP) is 3.58. The van der Waals surface area contributed by atoms with Gasteiger partial charge in [0.15, 0.2) is 5.82 Å². The lowest BCUT2D eigenvalue weighted by Gasteiger charge is -2.26. The molecule has 2 heterocycles. The van der Waals surface area contributed by atoms with Crippen molar-refractivity contribution in [3.05, 3.63) is 64.3 Å². The van der Waals surface area contributed by atoms with Crippen LogP contribution in [-0.2, 0) is 7.05 Å². The highest BCUT2D eigenvalue weighted by Crippen LogP contribution is 2.33. The van der Waals surface area contributed by atoms with E-state index < -0.39 is 5.76 Å². The quantitative estimate of drug-likeness (QED) is 0.499. The van der Waals surface area contributed by atoms with Crippen molar-refractivity contribution in [1.29, 1.82) is 5.26 Å². The van der Waals surface area contributed by atoms with Crippen LogP contribution in [0.2, 0.25) is 0 Å². The maximum absolute atomic E-state index is 13.2. The van der Waals surface area contributed by atoms with Crippen LogP contribution >= 0.6 is 0 Å². The van der Waals surface area contributed by atoms with Crippen LogP contribution < -0.4 is 15.8 Å². The van der Waals surface area contributed by atoms with Gasteiger partial charge in [0.25, 0.3) is 5.91 Å². The van der Waals surface area contributed by atoms with Crippen molar-refractivity contribution in [3.8, 4) is 23.2 Å². The van der Waals surface area contributed by atoms with Gasteiger partial charge in [-0.3, -0.25) is 14.3 Å². The maximum atomic E-state index is 13.2. The van der Waals surface area contributed by atoms with E-state index in [9.17, 15) is 14.9 Å². The van der Waals surface area contributed by atoms with Crippen LogP contribution in [0.3, 0.4) is 0 Å². The van der Waals surface area contributed by atoms with Crippen molar-refractivity contribution in [2.24, 2.45) is 7.05 Å². The number of nitrogens with one attached hydrogen (secondary N) is 2. The molecule has 0 aliphatic heterocycles. The third-order valence-electron chi connectivity index (χ3n) is 5.69. The molecule has 2 N–H and O–H groups in total. The summed E-state index contributed by atoms with van der Waals surface area (Å²) in [7, 11) is 1.82. The molecule has 4 aromatic rings. The molecule has 0 spiro atoms. The van der Waals surface area contributed by atoms with Crippen molar-refractivity contribution in [2.45, 2.75) is 25.4 Å². The molecule has 1 aliphatic carbocycles.